The number of hydrogen-bond donors (Lipinski definition) is 3. The normalized spacial score (nSPS) is 14.9. The van der Waals surface area contributed by atoms with E-state index >= 15 is 0 Å². The molecule has 0 radical (unpaired) electrons. The van der Waals surface area contributed by atoms with Crippen molar-refractivity contribution in [3.05, 3.63) is 29.6 Å². The van der Waals surface area contributed by atoms with Gasteiger partial charge in [-0.05, 0) is 23.6 Å². The Morgan fingerprint density at radius 3 is 2.29 bits per heavy atom. The molecule has 0 unspecified atom stereocenters. The third-order valence-corrected chi connectivity index (χ3v) is 2.58. The summed E-state index contributed by atoms with van der Waals surface area (Å²) in [6.07, 6.45) is -0.861. The van der Waals surface area contributed by atoms with Gasteiger partial charge >= 0.3 is 0 Å². The Bertz CT molecular complexity index is 379. The fraction of sp³-hybridized carbons (Fsp3) is 0.500. The third-order valence-electron chi connectivity index (χ3n) is 2.58. The molecule has 0 amide bonds. The van der Waals surface area contributed by atoms with Gasteiger partial charge in [0.25, 0.3) is 0 Å². The van der Waals surface area contributed by atoms with E-state index < -0.39 is 23.4 Å². The zero-order chi connectivity index (χ0) is 12.5. The molecule has 0 saturated heterocycles. The summed E-state index contributed by atoms with van der Waals surface area (Å²) >= 11 is 0. The third kappa shape index (κ3) is 3.84. The average Bonchev–Trinajstić information content (AvgIpc) is 2.18. The maximum absolute atomic E-state index is 13.0. The van der Waals surface area contributed by atoms with Gasteiger partial charge in [0.2, 0.25) is 0 Å². The van der Waals surface area contributed by atoms with Crippen LogP contribution in [-0.4, -0.2) is 16.3 Å². The van der Waals surface area contributed by atoms with Gasteiger partial charge in [-0.3, -0.25) is 0 Å². The fourth-order valence-electron chi connectivity index (χ4n) is 1.50. The van der Waals surface area contributed by atoms with Gasteiger partial charge in [0.15, 0.2) is 0 Å². The summed E-state index contributed by atoms with van der Waals surface area (Å²) in [5.41, 5.74) is 5.61. The molecule has 3 nitrogen and oxygen atoms in total. The lowest BCUT2D eigenvalue weighted by Crippen LogP contribution is -2.37. The average molecular weight is 264 g/mol. The van der Waals surface area contributed by atoms with Crippen LogP contribution in [0.4, 0.5) is 4.39 Å². The van der Waals surface area contributed by atoms with E-state index in [9.17, 15) is 14.6 Å². The lowest BCUT2D eigenvalue weighted by molar-refractivity contribution is 0.0394. The second kappa shape index (κ2) is 5.67. The van der Waals surface area contributed by atoms with Crippen molar-refractivity contribution in [2.45, 2.75) is 32.9 Å². The molecule has 0 bridgehead atoms. The summed E-state index contributed by atoms with van der Waals surface area (Å²) in [5, 5.41) is 19.5. The van der Waals surface area contributed by atoms with E-state index in [2.05, 4.69) is 0 Å². The van der Waals surface area contributed by atoms with Crippen LogP contribution in [0.15, 0.2) is 18.2 Å². The van der Waals surface area contributed by atoms with Crippen LogP contribution in [0, 0.1) is 11.2 Å². The van der Waals surface area contributed by atoms with E-state index in [1.165, 1.54) is 6.07 Å². The molecule has 0 spiro atoms. The van der Waals surface area contributed by atoms with Gasteiger partial charge < -0.3 is 15.9 Å². The van der Waals surface area contributed by atoms with Crippen molar-refractivity contribution in [2.75, 3.05) is 0 Å². The van der Waals surface area contributed by atoms with Crippen LogP contribution in [0.25, 0.3) is 0 Å². The highest BCUT2D eigenvalue weighted by atomic mass is 35.5. The van der Waals surface area contributed by atoms with Crippen molar-refractivity contribution >= 4 is 12.4 Å². The van der Waals surface area contributed by atoms with Crippen LogP contribution in [0.1, 0.15) is 32.4 Å². The van der Waals surface area contributed by atoms with Crippen molar-refractivity contribution < 1.29 is 14.6 Å². The first-order valence-electron chi connectivity index (χ1n) is 5.15. The van der Waals surface area contributed by atoms with Crippen molar-refractivity contribution in [3.8, 4) is 5.75 Å². The quantitative estimate of drug-likeness (QED) is 0.767. The molecule has 0 aliphatic carbocycles. The Kier molecular flexibility index (Phi) is 5.39. The van der Waals surface area contributed by atoms with E-state index in [0.717, 1.165) is 12.1 Å². The standard InChI is InChI=1S/C12H18FNO2.ClH/c1-12(2,3)11(16)10(14)8-6-7(13)4-5-9(8)15;/h4-6,10-11,15-16H,14H2,1-3H3;1H/t10-,11-;/m0./s1. The number of hydrogen-bond acceptors (Lipinski definition) is 3. The van der Waals surface area contributed by atoms with Crippen LogP contribution >= 0.6 is 12.4 Å². The molecule has 1 aromatic rings. The molecule has 0 fully saturated rings. The summed E-state index contributed by atoms with van der Waals surface area (Å²) in [5.74, 6) is -0.582. The highest BCUT2D eigenvalue weighted by Crippen LogP contribution is 2.32. The minimum absolute atomic E-state index is 0. The predicted molar refractivity (Wildman–Crippen MR) is 67.7 cm³/mol. The second-order valence-electron chi connectivity index (χ2n) is 5.04. The number of benzene rings is 1. The molecule has 98 valence electrons. The SMILES string of the molecule is CC(C)(C)[C@@H](O)[C@@H](N)c1cc(F)ccc1O.Cl. The number of aliphatic hydroxyl groups is 1. The number of phenolic OH excluding ortho intramolecular Hbond substituents is 1. The van der Waals surface area contributed by atoms with Gasteiger partial charge in [-0.15, -0.1) is 12.4 Å². The summed E-state index contributed by atoms with van der Waals surface area (Å²) in [4.78, 5) is 0. The molecule has 0 saturated carbocycles. The van der Waals surface area contributed by atoms with Crippen molar-refractivity contribution in [1.29, 1.82) is 0 Å². The van der Waals surface area contributed by atoms with Gasteiger partial charge in [-0.25, -0.2) is 4.39 Å². The van der Waals surface area contributed by atoms with Gasteiger partial charge in [-0.2, -0.15) is 0 Å². The predicted octanol–water partition coefficient (Wildman–Crippen LogP) is 2.36. The first-order chi connectivity index (χ1) is 7.23. The minimum Gasteiger partial charge on any atom is -0.508 e. The van der Waals surface area contributed by atoms with Crippen LogP contribution in [0.3, 0.4) is 0 Å². The van der Waals surface area contributed by atoms with E-state index in [0.29, 0.717) is 0 Å². The molecule has 1 aromatic carbocycles. The first-order valence-corrected chi connectivity index (χ1v) is 5.15. The topological polar surface area (TPSA) is 66.5 Å². The highest BCUT2D eigenvalue weighted by molar-refractivity contribution is 5.85. The van der Waals surface area contributed by atoms with E-state index in [-0.39, 0.29) is 23.7 Å². The Labute approximate surface area is 107 Å². The molecule has 0 aliphatic rings. The summed E-state index contributed by atoms with van der Waals surface area (Å²) in [6, 6.07) is 2.72. The van der Waals surface area contributed by atoms with E-state index in [1.54, 1.807) is 0 Å². The molecule has 0 aromatic heterocycles. The first kappa shape index (κ1) is 16.2. The molecular formula is C12H19ClFNO2. The van der Waals surface area contributed by atoms with Gasteiger partial charge in [0.1, 0.15) is 11.6 Å². The Morgan fingerprint density at radius 1 is 1.29 bits per heavy atom. The number of rotatable bonds is 2. The zero-order valence-corrected chi connectivity index (χ0v) is 11.0. The highest BCUT2D eigenvalue weighted by Gasteiger charge is 2.30. The van der Waals surface area contributed by atoms with Crippen LogP contribution < -0.4 is 5.73 Å². The molecule has 1 rings (SSSR count). The molecule has 4 N–H and O–H groups in total. The van der Waals surface area contributed by atoms with Crippen molar-refractivity contribution in [1.82, 2.24) is 0 Å². The van der Waals surface area contributed by atoms with Gasteiger partial charge in [0, 0.05) is 5.56 Å². The number of phenols is 1. The molecule has 0 aliphatic heterocycles. The molecule has 17 heavy (non-hydrogen) atoms. The lowest BCUT2D eigenvalue weighted by atomic mass is 9.82. The molecule has 2 atom stereocenters. The van der Waals surface area contributed by atoms with Crippen molar-refractivity contribution in [3.63, 3.8) is 0 Å². The summed E-state index contributed by atoms with van der Waals surface area (Å²) in [6.45, 7) is 5.48. The van der Waals surface area contributed by atoms with E-state index in [1.807, 2.05) is 20.8 Å². The van der Waals surface area contributed by atoms with Crippen molar-refractivity contribution in [2.24, 2.45) is 11.1 Å². The maximum atomic E-state index is 13.0. The maximum Gasteiger partial charge on any atom is 0.123 e. The van der Waals surface area contributed by atoms with Crippen LogP contribution in [-0.2, 0) is 0 Å². The number of aromatic hydroxyl groups is 1. The van der Waals surface area contributed by atoms with E-state index in [4.69, 9.17) is 5.73 Å². The Balaban J connectivity index is 0.00000256. The Morgan fingerprint density at radius 2 is 1.82 bits per heavy atom. The zero-order valence-electron chi connectivity index (χ0n) is 10.1. The molecule has 5 heteroatoms. The van der Waals surface area contributed by atoms with Gasteiger partial charge in [-0.1, -0.05) is 20.8 Å². The lowest BCUT2D eigenvalue weighted by Gasteiger charge is -2.31. The van der Waals surface area contributed by atoms with Gasteiger partial charge in [0.05, 0.1) is 12.1 Å². The Hall–Kier alpha value is -0.840. The summed E-state index contributed by atoms with van der Waals surface area (Å²) in [7, 11) is 0. The number of nitrogens with two attached hydrogens (primary N) is 1. The largest absolute Gasteiger partial charge is 0.508 e. The second-order valence-corrected chi connectivity index (χ2v) is 5.04. The fourth-order valence-corrected chi connectivity index (χ4v) is 1.50. The van der Waals surface area contributed by atoms with Crippen LogP contribution in [0.2, 0.25) is 0 Å². The smallest absolute Gasteiger partial charge is 0.123 e. The van der Waals surface area contributed by atoms with Crippen LogP contribution in [0.5, 0.6) is 5.75 Å². The monoisotopic (exact) mass is 263 g/mol. The molecule has 0 heterocycles. The minimum atomic E-state index is -0.861. The number of aliphatic hydroxyl groups excluding tert-OH is 1. The number of halogens is 2. The summed E-state index contributed by atoms with van der Waals surface area (Å²) < 4.78 is 13.0. The molecular weight excluding hydrogens is 245 g/mol.